The lowest BCUT2D eigenvalue weighted by molar-refractivity contribution is -0.121. The highest BCUT2D eigenvalue weighted by Crippen LogP contribution is 2.39. The molecule has 3 rings (SSSR count). The van der Waals surface area contributed by atoms with Crippen LogP contribution in [0.5, 0.6) is 0 Å². The van der Waals surface area contributed by atoms with E-state index < -0.39 is 5.92 Å². The Labute approximate surface area is 189 Å². The van der Waals surface area contributed by atoms with Crippen LogP contribution in [0.15, 0.2) is 53.1 Å². The maximum atomic E-state index is 12.3. The predicted molar refractivity (Wildman–Crippen MR) is 122 cm³/mol. The number of benzene rings is 2. The minimum absolute atomic E-state index is 0.0530. The van der Waals surface area contributed by atoms with Crippen LogP contribution in [0.4, 0.5) is 5.69 Å². The Kier molecular flexibility index (Phi) is 7.43. The number of thioether (sulfide) groups is 1. The molecular formula is C22H19Cl2N3O2S. The highest BCUT2D eigenvalue weighted by Gasteiger charge is 2.31. The lowest BCUT2D eigenvalue weighted by atomic mass is 9.87. The Morgan fingerprint density at radius 3 is 2.63 bits per heavy atom. The summed E-state index contributed by atoms with van der Waals surface area (Å²) in [6, 6.07) is 14.8. The van der Waals surface area contributed by atoms with Gasteiger partial charge in [-0.05, 0) is 41.8 Å². The Balaban J connectivity index is 1.75. The topological polar surface area (TPSA) is 82.0 Å². The summed E-state index contributed by atoms with van der Waals surface area (Å²) in [4.78, 5) is 24.6. The Morgan fingerprint density at radius 2 is 2.00 bits per heavy atom. The van der Waals surface area contributed by atoms with Crippen molar-refractivity contribution in [3.63, 3.8) is 0 Å². The third kappa shape index (κ3) is 5.37. The first-order valence-electron chi connectivity index (χ1n) is 9.32. The van der Waals surface area contributed by atoms with Gasteiger partial charge in [-0.15, -0.1) is 0 Å². The lowest BCUT2D eigenvalue weighted by Crippen LogP contribution is -2.31. The molecule has 0 unspecified atom stereocenters. The van der Waals surface area contributed by atoms with E-state index in [0.29, 0.717) is 31.9 Å². The maximum absolute atomic E-state index is 12.3. The molecule has 2 N–H and O–H groups in total. The van der Waals surface area contributed by atoms with Crippen LogP contribution < -0.4 is 10.6 Å². The molecule has 0 radical (unpaired) electrons. The fourth-order valence-corrected chi connectivity index (χ4v) is 4.56. The van der Waals surface area contributed by atoms with Crippen molar-refractivity contribution in [3.8, 4) is 6.07 Å². The van der Waals surface area contributed by atoms with Gasteiger partial charge in [0, 0.05) is 28.1 Å². The molecule has 8 heteroatoms. The molecular weight excluding hydrogens is 441 g/mol. The van der Waals surface area contributed by atoms with E-state index in [-0.39, 0.29) is 24.0 Å². The third-order valence-electron chi connectivity index (χ3n) is 4.69. The molecule has 0 saturated heterocycles. The molecule has 0 spiro atoms. The number of hydrogen-bond acceptors (Lipinski definition) is 4. The number of nitrogens with one attached hydrogen (secondary N) is 2. The second-order valence-corrected chi connectivity index (χ2v) is 8.54. The van der Waals surface area contributed by atoms with Gasteiger partial charge in [0.1, 0.15) is 0 Å². The van der Waals surface area contributed by atoms with Crippen molar-refractivity contribution in [2.75, 3.05) is 11.1 Å². The number of halogens is 2. The average molecular weight is 460 g/mol. The Hall–Kier alpha value is -2.46. The van der Waals surface area contributed by atoms with E-state index in [1.165, 1.54) is 5.56 Å². The van der Waals surface area contributed by atoms with Crippen LogP contribution in [-0.2, 0) is 16.0 Å². The fraction of sp³-hybridized carbons (Fsp3) is 0.227. The molecule has 1 heterocycles. The van der Waals surface area contributed by atoms with Crippen LogP contribution in [0, 0.1) is 11.3 Å². The lowest BCUT2D eigenvalue weighted by Gasteiger charge is -2.25. The van der Waals surface area contributed by atoms with Gasteiger partial charge in [0.25, 0.3) is 0 Å². The number of carbonyl (C=O) groups is 2. The summed E-state index contributed by atoms with van der Waals surface area (Å²) in [6.45, 7) is 2.06. The SMILES string of the molecule is CCc1ccc(NC(=O)CSC2=C(C#N)[C@@H](c3ccc(Cl)cc3Cl)CC(=O)N2)cc1. The van der Waals surface area contributed by atoms with Crippen molar-refractivity contribution in [3.05, 3.63) is 74.2 Å². The highest BCUT2D eigenvalue weighted by atomic mass is 35.5. The van der Waals surface area contributed by atoms with Gasteiger partial charge in [0.15, 0.2) is 0 Å². The predicted octanol–water partition coefficient (Wildman–Crippen LogP) is 5.27. The van der Waals surface area contributed by atoms with E-state index in [1.807, 2.05) is 24.3 Å². The number of aryl methyl sites for hydroxylation is 1. The van der Waals surface area contributed by atoms with E-state index in [1.54, 1.807) is 18.2 Å². The number of rotatable bonds is 6. The molecule has 30 heavy (non-hydrogen) atoms. The van der Waals surface area contributed by atoms with Gasteiger partial charge in [-0.3, -0.25) is 9.59 Å². The first-order valence-corrected chi connectivity index (χ1v) is 11.1. The highest BCUT2D eigenvalue weighted by molar-refractivity contribution is 8.03. The van der Waals surface area contributed by atoms with Crippen molar-refractivity contribution in [2.24, 2.45) is 0 Å². The number of amides is 2. The molecule has 0 fully saturated rings. The molecule has 1 aliphatic heterocycles. The summed E-state index contributed by atoms with van der Waals surface area (Å²) in [5.41, 5.74) is 2.92. The maximum Gasteiger partial charge on any atom is 0.234 e. The zero-order chi connectivity index (χ0) is 21.7. The second kappa shape index (κ2) is 10.0. The van der Waals surface area contributed by atoms with Crippen LogP contribution >= 0.6 is 35.0 Å². The van der Waals surface area contributed by atoms with E-state index in [2.05, 4.69) is 23.6 Å². The molecule has 2 amide bonds. The minimum atomic E-state index is -0.485. The monoisotopic (exact) mass is 459 g/mol. The smallest absolute Gasteiger partial charge is 0.234 e. The van der Waals surface area contributed by atoms with E-state index in [4.69, 9.17) is 23.2 Å². The first kappa shape index (κ1) is 22.2. The van der Waals surface area contributed by atoms with Gasteiger partial charge < -0.3 is 10.6 Å². The molecule has 0 saturated carbocycles. The van der Waals surface area contributed by atoms with Gasteiger partial charge in [-0.25, -0.2) is 0 Å². The molecule has 1 aliphatic rings. The molecule has 1 atom stereocenters. The molecule has 2 aromatic rings. The zero-order valence-corrected chi connectivity index (χ0v) is 18.5. The van der Waals surface area contributed by atoms with Crippen molar-refractivity contribution in [2.45, 2.75) is 25.7 Å². The van der Waals surface area contributed by atoms with Crippen molar-refractivity contribution >= 4 is 52.5 Å². The first-order chi connectivity index (χ1) is 14.4. The summed E-state index contributed by atoms with van der Waals surface area (Å²) in [6.07, 6.45) is 1.03. The molecule has 0 bridgehead atoms. The largest absolute Gasteiger partial charge is 0.325 e. The van der Waals surface area contributed by atoms with Crippen LogP contribution in [0.1, 0.15) is 30.4 Å². The quantitative estimate of drug-likeness (QED) is 0.616. The molecule has 2 aromatic carbocycles. The number of nitrogens with zero attached hydrogens (tertiary/aromatic N) is 1. The minimum Gasteiger partial charge on any atom is -0.325 e. The van der Waals surface area contributed by atoms with Crippen molar-refractivity contribution < 1.29 is 9.59 Å². The summed E-state index contributed by atoms with van der Waals surface area (Å²) in [5, 5.41) is 16.5. The van der Waals surface area contributed by atoms with Gasteiger partial charge in [0.05, 0.1) is 22.4 Å². The number of hydrogen-bond donors (Lipinski definition) is 2. The van der Waals surface area contributed by atoms with E-state index in [9.17, 15) is 14.9 Å². The van der Waals surface area contributed by atoms with Crippen molar-refractivity contribution in [1.82, 2.24) is 5.32 Å². The average Bonchev–Trinajstić information content (AvgIpc) is 2.72. The number of allylic oxidation sites excluding steroid dienone is 1. The van der Waals surface area contributed by atoms with Crippen LogP contribution in [-0.4, -0.2) is 17.6 Å². The number of nitriles is 1. The zero-order valence-electron chi connectivity index (χ0n) is 16.2. The third-order valence-corrected chi connectivity index (χ3v) is 6.27. The standard InChI is InChI=1S/C22H19Cl2N3O2S/c1-2-13-3-6-15(7-4-13)26-21(29)12-30-22-18(11-25)17(10-20(28)27-22)16-8-5-14(23)9-19(16)24/h3-9,17H,2,10,12H2,1H3,(H,26,29)(H,27,28)/t17-/m1/s1. The summed E-state index contributed by atoms with van der Waals surface area (Å²) < 4.78 is 0. The van der Waals surface area contributed by atoms with Gasteiger partial charge in [-0.2, -0.15) is 5.26 Å². The van der Waals surface area contributed by atoms with Crippen LogP contribution in [0.2, 0.25) is 10.0 Å². The summed E-state index contributed by atoms with van der Waals surface area (Å²) >= 11 is 13.4. The summed E-state index contributed by atoms with van der Waals surface area (Å²) in [5.74, 6) is -0.893. The normalized spacial score (nSPS) is 16.1. The van der Waals surface area contributed by atoms with Crippen molar-refractivity contribution in [1.29, 1.82) is 5.26 Å². The van der Waals surface area contributed by atoms with Gasteiger partial charge >= 0.3 is 0 Å². The number of anilines is 1. The van der Waals surface area contributed by atoms with E-state index >= 15 is 0 Å². The summed E-state index contributed by atoms with van der Waals surface area (Å²) in [7, 11) is 0. The Morgan fingerprint density at radius 1 is 1.27 bits per heavy atom. The van der Waals surface area contributed by atoms with Crippen LogP contribution in [0.25, 0.3) is 0 Å². The molecule has 154 valence electrons. The fourth-order valence-electron chi connectivity index (χ4n) is 3.14. The molecule has 5 nitrogen and oxygen atoms in total. The molecule has 0 aliphatic carbocycles. The number of carbonyl (C=O) groups excluding carboxylic acids is 2. The molecule has 0 aromatic heterocycles. The van der Waals surface area contributed by atoms with Gasteiger partial charge in [-0.1, -0.05) is 60.1 Å². The Bertz CT molecular complexity index is 1050. The van der Waals surface area contributed by atoms with Gasteiger partial charge in [0.2, 0.25) is 11.8 Å². The second-order valence-electron chi connectivity index (χ2n) is 6.71. The van der Waals surface area contributed by atoms with Crippen LogP contribution in [0.3, 0.4) is 0 Å². The van der Waals surface area contributed by atoms with E-state index in [0.717, 1.165) is 18.2 Å².